The first-order valence-corrected chi connectivity index (χ1v) is 9.89. The Morgan fingerprint density at radius 2 is 1.70 bits per heavy atom. The van der Waals surface area contributed by atoms with E-state index in [2.05, 4.69) is 19.9 Å². The first-order valence-electron chi connectivity index (χ1n) is 9.89. The van der Waals surface area contributed by atoms with E-state index in [1.165, 1.54) is 38.8 Å². The first kappa shape index (κ1) is 16.6. The van der Waals surface area contributed by atoms with Crippen LogP contribution in [0.15, 0.2) is 30.7 Å². The van der Waals surface area contributed by atoms with E-state index in [-0.39, 0.29) is 0 Å². The molecule has 2 saturated heterocycles. The van der Waals surface area contributed by atoms with Crippen LogP contribution in [0.5, 0.6) is 0 Å². The number of fused-ring (bicyclic) bond motifs is 1. The van der Waals surface area contributed by atoms with Gasteiger partial charge in [-0.1, -0.05) is 0 Å². The average Bonchev–Trinajstić information content (AvgIpc) is 3.39. The fourth-order valence-corrected chi connectivity index (χ4v) is 4.43. The van der Waals surface area contributed by atoms with E-state index in [1.54, 1.807) is 12.4 Å². The van der Waals surface area contributed by atoms with E-state index in [9.17, 15) is 0 Å². The largest absolute Gasteiger partial charge is 0.356 e. The lowest BCUT2D eigenvalue weighted by Gasteiger charge is -2.37. The number of aryl methyl sites for hydroxylation is 1. The maximum Gasteiger partial charge on any atom is 0.164 e. The van der Waals surface area contributed by atoms with Crippen molar-refractivity contribution in [2.24, 2.45) is 7.05 Å². The zero-order valence-corrected chi connectivity index (χ0v) is 15.8. The zero-order valence-electron chi connectivity index (χ0n) is 15.8. The number of nitrogens with zero attached hydrogens (tertiary/aromatic N) is 7. The van der Waals surface area contributed by atoms with E-state index in [0.29, 0.717) is 0 Å². The predicted octanol–water partition coefficient (Wildman–Crippen LogP) is 2.49. The van der Waals surface area contributed by atoms with E-state index in [0.717, 1.165) is 47.4 Å². The van der Waals surface area contributed by atoms with Crippen LogP contribution in [0.4, 0.5) is 5.82 Å². The molecule has 0 bridgehead atoms. The monoisotopic (exact) mass is 363 g/mol. The van der Waals surface area contributed by atoms with Crippen molar-refractivity contribution in [1.82, 2.24) is 29.6 Å². The number of anilines is 1. The summed E-state index contributed by atoms with van der Waals surface area (Å²) < 4.78 is 1.84. The van der Waals surface area contributed by atoms with Gasteiger partial charge in [-0.05, 0) is 50.9 Å². The minimum absolute atomic E-state index is 0.731. The molecular formula is C20H25N7. The lowest BCUT2D eigenvalue weighted by Crippen LogP contribution is -2.44. The highest BCUT2D eigenvalue weighted by molar-refractivity contribution is 5.88. The third kappa shape index (κ3) is 3.06. The summed E-state index contributed by atoms with van der Waals surface area (Å²) >= 11 is 0. The van der Waals surface area contributed by atoms with Crippen LogP contribution in [0.25, 0.3) is 22.4 Å². The molecule has 0 aliphatic carbocycles. The van der Waals surface area contributed by atoms with Crippen LogP contribution in [-0.4, -0.2) is 61.9 Å². The topological polar surface area (TPSA) is 63.0 Å². The molecule has 0 spiro atoms. The van der Waals surface area contributed by atoms with Crippen LogP contribution in [0.1, 0.15) is 25.7 Å². The van der Waals surface area contributed by atoms with Gasteiger partial charge in [-0.25, -0.2) is 9.97 Å². The molecule has 0 radical (unpaired) electrons. The highest BCUT2D eigenvalue weighted by Crippen LogP contribution is 2.30. The molecule has 5 heterocycles. The summed E-state index contributed by atoms with van der Waals surface area (Å²) in [6.07, 6.45) is 10.6. The highest BCUT2D eigenvalue weighted by atomic mass is 15.3. The summed E-state index contributed by atoms with van der Waals surface area (Å²) in [6.45, 7) is 4.63. The summed E-state index contributed by atoms with van der Waals surface area (Å²) in [7, 11) is 1.94. The van der Waals surface area contributed by atoms with Crippen LogP contribution in [0.2, 0.25) is 0 Å². The molecule has 0 atom stereocenters. The van der Waals surface area contributed by atoms with Crippen LogP contribution in [0.3, 0.4) is 0 Å². The molecule has 0 N–H and O–H groups in total. The molecule has 3 aromatic rings. The quantitative estimate of drug-likeness (QED) is 0.712. The van der Waals surface area contributed by atoms with Crippen molar-refractivity contribution < 1.29 is 0 Å². The number of hydrogen-bond donors (Lipinski definition) is 0. The normalized spacial score (nSPS) is 19.2. The first-order chi connectivity index (χ1) is 13.3. The third-order valence-electron chi connectivity index (χ3n) is 5.93. The van der Waals surface area contributed by atoms with Gasteiger partial charge < -0.3 is 9.80 Å². The molecule has 0 saturated carbocycles. The Labute approximate surface area is 159 Å². The summed E-state index contributed by atoms with van der Waals surface area (Å²) in [5, 5.41) is 5.47. The molecule has 5 rings (SSSR count). The van der Waals surface area contributed by atoms with Crippen LogP contribution in [0, 0.1) is 0 Å². The summed E-state index contributed by atoms with van der Waals surface area (Å²) in [4.78, 5) is 18.9. The van der Waals surface area contributed by atoms with Crippen molar-refractivity contribution in [2.75, 3.05) is 31.1 Å². The Hall–Kier alpha value is -2.54. The molecule has 2 fully saturated rings. The average molecular weight is 363 g/mol. The molecule has 0 amide bonds. The predicted molar refractivity (Wildman–Crippen MR) is 106 cm³/mol. The Bertz CT molecular complexity index is 922. The Morgan fingerprint density at radius 3 is 2.44 bits per heavy atom. The standard InChI is InChI=1S/C20H25N7/c1-25-19-17(14-22-25)20(24-18(23-19)15-4-8-21-9-5-15)27-12-6-16(7-13-27)26-10-2-3-11-26/h4-5,8-9,14,16H,2-3,6-7,10-13H2,1H3. The third-order valence-corrected chi connectivity index (χ3v) is 5.93. The van der Waals surface area contributed by atoms with Gasteiger partial charge in [-0.2, -0.15) is 5.10 Å². The second-order valence-corrected chi connectivity index (χ2v) is 7.57. The van der Waals surface area contributed by atoms with Gasteiger partial charge in [0.2, 0.25) is 0 Å². The van der Waals surface area contributed by atoms with Gasteiger partial charge in [-0.3, -0.25) is 9.67 Å². The molecule has 140 valence electrons. The van der Waals surface area contributed by atoms with Crippen LogP contribution in [-0.2, 0) is 7.05 Å². The van der Waals surface area contributed by atoms with Gasteiger partial charge in [0, 0.05) is 44.1 Å². The maximum absolute atomic E-state index is 4.95. The Kier molecular flexibility index (Phi) is 4.24. The summed E-state index contributed by atoms with van der Waals surface area (Å²) in [5.74, 6) is 1.75. The number of likely N-dealkylation sites (tertiary alicyclic amines) is 1. The van der Waals surface area contributed by atoms with Crippen molar-refractivity contribution in [3.63, 3.8) is 0 Å². The van der Waals surface area contributed by atoms with E-state index in [1.807, 2.05) is 30.1 Å². The fourth-order valence-electron chi connectivity index (χ4n) is 4.43. The Balaban J connectivity index is 1.47. The van der Waals surface area contributed by atoms with Gasteiger partial charge in [0.1, 0.15) is 5.82 Å². The molecule has 27 heavy (non-hydrogen) atoms. The van der Waals surface area contributed by atoms with Crippen LogP contribution >= 0.6 is 0 Å². The highest BCUT2D eigenvalue weighted by Gasteiger charge is 2.28. The van der Waals surface area contributed by atoms with Crippen molar-refractivity contribution in [3.8, 4) is 11.4 Å². The van der Waals surface area contributed by atoms with E-state index >= 15 is 0 Å². The van der Waals surface area contributed by atoms with E-state index < -0.39 is 0 Å². The second-order valence-electron chi connectivity index (χ2n) is 7.57. The number of hydrogen-bond acceptors (Lipinski definition) is 6. The molecule has 2 aliphatic rings. The fraction of sp³-hybridized carbons (Fsp3) is 0.500. The van der Waals surface area contributed by atoms with Crippen molar-refractivity contribution in [1.29, 1.82) is 0 Å². The molecule has 7 heteroatoms. The van der Waals surface area contributed by atoms with Crippen molar-refractivity contribution >= 4 is 16.9 Å². The van der Waals surface area contributed by atoms with Gasteiger partial charge >= 0.3 is 0 Å². The lowest BCUT2D eigenvalue weighted by molar-refractivity contribution is 0.208. The SMILES string of the molecule is Cn1ncc2c(N3CCC(N4CCCC4)CC3)nc(-c3ccncc3)nc21. The molecule has 0 unspecified atom stereocenters. The van der Waals surface area contributed by atoms with Gasteiger partial charge in [0.15, 0.2) is 11.5 Å². The van der Waals surface area contributed by atoms with Crippen LogP contribution < -0.4 is 4.90 Å². The lowest BCUT2D eigenvalue weighted by atomic mass is 10.0. The Morgan fingerprint density at radius 1 is 0.963 bits per heavy atom. The van der Waals surface area contributed by atoms with Gasteiger partial charge in [0.25, 0.3) is 0 Å². The molecule has 3 aromatic heterocycles. The molecular weight excluding hydrogens is 338 g/mol. The van der Waals surface area contributed by atoms with Gasteiger partial charge in [-0.15, -0.1) is 0 Å². The number of piperidine rings is 1. The molecule has 0 aromatic carbocycles. The number of pyridine rings is 1. The molecule has 2 aliphatic heterocycles. The maximum atomic E-state index is 4.95. The second kappa shape index (κ2) is 6.88. The summed E-state index contributed by atoms with van der Waals surface area (Å²) in [5.41, 5.74) is 1.87. The zero-order chi connectivity index (χ0) is 18.2. The van der Waals surface area contributed by atoms with Gasteiger partial charge in [0.05, 0.1) is 11.6 Å². The van der Waals surface area contributed by atoms with Crippen molar-refractivity contribution in [3.05, 3.63) is 30.7 Å². The summed E-state index contributed by atoms with van der Waals surface area (Å²) in [6, 6.07) is 4.65. The van der Waals surface area contributed by atoms with E-state index in [4.69, 9.17) is 9.97 Å². The molecule has 7 nitrogen and oxygen atoms in total. The van der Waals surface area contributed by atoms with Crippen molar-refractivity contribution in [2.45, 2.75) is 31.7 Å². The smallest absolute Gasteiger partial charge is 0.164 e. The minimum atomic E-state index is 0.731. The number of aromatic nitrogens is 5. The number of rotatable bonds is 3. The minimum Gasteiger partial charge on any atom is -0.356 e.